The molecule has 1 aliphatic rings. The highest BCUT2D eigenvalue weighted by atomic mass is 16.5. The zero-order valence-corrected chi connectivity index (χ0v) is 19.2. The van der Waals surface area contributed by atoms with Crippen LogP contribution in [0.1, 0.15) is 25.3 Å². The molecular weight excluding hydrogens is 414 g/mol. The van der Waals surface area contributed by atoms with Gasteiger partial charge in [0.25, 0.3) is 0 Å². The Kier molecular flexibility index (Phi) is 7.52. The Morgan fingerprint density at radius 3 is 2.67 bits per heavy atom. The van der Waals surface area contributed by atoms with Crippen LogP contribution in [-0.4, -0.2) is 53.2 Å². The number of hydrogen-bond acceptors (Lipinski definition) is 6. The number of nitrogens with zero attached hydrogens (tertiary/aromatic N) is 4. The maximum Gasteiger partial charge on any atom is 0.241 e. The standard InChI is InChI=1S/C26H31N5O2/c1-20(30(2)18-23-10-7-17-31(23)25-11-6-16-27-29-25)26(32)28-22-12-14-24(15-13-22)33-19-21-8-4-3-5-9-21/h3-6,8-9,11-16,20,23H,7,10,17-19H2,1-2H3,(H,28,32). The van der Waals surface area contributed by atoms with Crippen molar-refractivity contribution in [2.24, 2.45) is 0 Å². The van der Waals surface area contributed by atoms with Crippen LogP contribution in [0.2, 0.25) is 0 Å². The predicted octanol–water partition coefficient (Wildman–Crippen LogP) is 3.98. The first-order valence-corrected chi connectivity index (χ1v) is 11.4. The molecule has 1 aromatic heterocycles. The smallest absolute Gasteiger partial charge is 0.241 e. The predicted molar refractivity (Wildman–Crippen MR) is 130 cm³/mol. The van der Waals surface area contributed by atoms with E-state index in [4.69, 9.17) is 4.74 Å². The van der Waals surface area contributed by atoms with Gasteiger partial charge in [-0.25, -0.2) is 0 Å². The highest BCUT2D eigenvalue weighted by Gasteiger charge is 2.29. The Labute approximate surface area is 195 Å². The second kappa shape index (κ2) is 10.9. The first kappa shape index (κ1) is 22.7. The number of benzene rings is 2. The van der Waals surface area contributed by atoms with Gasteiger partial charge >= 0.3 is 0 Å². The third-order valence-electron chi connectivity index (χ3n) is 6.14. The second-order valence-electron chi connectivity index (χ2n) is 8.47. The van der Waals surface area contributed by atoms with Crippen LogP contribution in [0, 0.1) is 0 Å². The van der Waals surface area contributed by atoms with E-state index in [0.717, 1.165) is 48.7 Å². The number of carbonyl (C=O) groups excluding carboxylic acids is 1. The van der Waals surface area contributed by atoms with Crippen LogP contribution >= 0.6 is 0 Å². The van der Waals surface area contributed by atoms with E-state index in [1.165, 1.54) is 0 Å². The molecule has 0 saturated carbocycles. The van der Waals surface area contributed by atoms with E-state index in [-0.39, 0.29) is 11.9 Å². The third kappa shape index (κ3) is 6.08. The minimum atomic E-state index is -0.261. The van der Waals surface area contributed by atoms with Crippen molar-refractivity contribution < 1.29 is 9.53 Å². The van der Waals surface area contributed by atoms with Crippen molar-refractivity contribution >= 4 is 17.4 Å². The Morgan fingerprint density at radius 1 is 1.15 bits per heavy atom. The number of carbonyl (C=O) groups is 1. The highest BCUT2D eigenvalue weighted by Crippen LogP contribution is 2.24. The molecule has 0 bridgehead atoms. The SMILES string of the molecule is CC(C(=O)Nc1ccc(OCc2ccccc2)cc1)N(C)CC1CCCN1c1cccnn1. The summed E-state index contributed by atoms with van der Waals surface area (Å²) in [5.41, 5.74) is 1.88. The Morgan fingerprint density at radius 2 is 1.94 bits per heavy atom. The van der Waals surface area contributed by atoms with Crippen molar-refractivity contribution in [1.29, 1.82) is 0 Å². The molecule has 2 unspecified atom stereocenters. The summed E-state index contributed by atoms with van der Waals surface area (Å²) in [5.74, 6) is 1.65. The van der Waals surface area contributed by atoms with Crippen molar-refractivity contribution in [3.8, 4) is 5.75 Å². The lowest BCUT2D eigenvalue weighted by Crippen LogP contribution is -2.46. The minimum absolute atomic E-state index is 0.0282. The number of anilines is 2. The molecule has 2 atom stereocenters. The van der Waals surface area contributed by atoms with Crippen LogP contribution in [0.15, 0.2) is 72.9 Å². The second-order valence-corrected chi connectivity index (χ2v) is 8.47. The molecule has 7 heteroatoms. The lowest BCUT2D eigenvalue weighted by Gasteiger charge is -2.31. The van der Waals surface area contributed by atoms with Gasteiger partial charge in [0.05, 0.1) is 6.04 Å². The summed E-state index contributed by atoms with van der Waals surface area (Å²) in [5, 5.41) is 11.3. The summed E-state index contributed by atoms with van der Waals surface area (Å²) in [6, 6.07) is 21.5. The van der Waals surface area contributed by atoms with Crippen molar-refractivity contribution in [1.82, 2.24) is 15.1 Å². The van der Waals surface area contributed by atoms with E-state index in [0.29, 0.717) is 12.6 Å². The van der Waals surface area contributed by atoms with E-state index in [1.54, 1.807) is 6.20 Å². The van der Waals surface area contributed by atoms with Gasteiger partial charge < -0.3 is 15.0 Å². The molecule has 4 rings (SSSR count). The number of nitrogens with one attached hydrogen (secondary N) is 1. The first-order chi connectivity index (χ1) is 16.1. The third-order valence-corrected chi connectivity index (χ3v) is 6.14. The molecule has 1 fully saturated rings. The average Bonchev–Trinajstić information content (AvgIpc) is 3.32. The van der Waals surface area contributed by atoms with Crippen LogP contribution in [0.5, 0.6) is 5.75 Å². The molecule has 3 aromatic rings. The summed E-state index contributed by atoms with van der Waals surface area (Å²) >= 11 is 0. The van der Waals surface area contributed by atoms with E-state index in [2.05, 4.69) is 25.3 Å². The molecule has 172 valence electrons. The number of aromatic nitrogens is 2. The van der Waals surface area contributed by atoms with Gasteiger partial charge in [-0.15, -0.1) is 5.10 Å². The molecule has 1 amide bonds. The van der Waals surface area contributed by atoms with E-state index in [9.17, 15) is 4.79 Å². The van der Waals surface area contributed by atoms with Crippen LogP contribution in [-0.2, 0) is 11.4 Å². The number of hydrogen-bond donors (Lipinski definition) is 1. The molecule has 1 saturated heterocycles. The molecular formula is C26H31N5O2. The van der Waals surface area contributed by atoms with Crippen LogP contribution in [0.25, 0.3) is 0 Å². The monoisotopic (exact) mass is 445 g/mol. The Hall–Kier alpha value is -3.45. The largest absolute Gasteiger partial charge is 0.489 e. The van der Waals surface area contributed by atoms with Gasteiger partial charge in [-0.3, -0.25) is 9.69 Å². The first-order valence-electron chi connectivity index (χ1n) is 11.4. The van der Waals surface area contributed by atoms with Crippen molar-refractivity contribution in [3.05, 3.63) is 78.5 Å². The lowest BCUT2D eigenvalue weighted by molar-refractivity contribution is -0.120. The minimum Gasteiger partial charge on any atom is -0.489 e. The van der Waals surface area contributed by atoms with Crippen molar-refractivity contribution in [2.75, 3.05) is 30.4 Å². The topological polar surface area (TPSA) is 70.6 Å². The fraction of sp³-hybridized carbons (Fsp3) is 0.346. The van der Waals surface area contributed by atoms with Gasteiger partial charge in [-0.1, -0.05) is 30.3 Å². The molecule has 7 nitrogen and oxygen atoms in total. The molecule has 0 spiro atoms. The molecule has 1 N–H and O–H groups in total. The Bertz CT molecular complexity index is 1010. The van der Waals surface area contributed by atoms with Gasteiger partial charge in [0, 0.05) is 31.0 Å². The van der Waals surface area contributed by atoms with Crippen LogP contribution in [0.4, 0.5) is 11.5 Å². The maximum atomic E-state index is 12.9. The normalized spacial score (nSPS) is 16.6. The van der Waals surface area contributed by atoms with Gasteiger partial charge in [0.15, 0.2) is 5.82 Å². The fourth-order valence-corrected chi connectivity index (χ4v) is 4.09. The fourth-order valence-electron chi connectivity index (χ4n) is 4.09. The number of likely N-dealkylation sites (N-methyl/N-ethyl adjacent to an activating group) is 1. The van der Waals surface area contributed by atoms with Crippen LogP contribution < -0.4 is 15.0 Å². The van der Waals surface area contributed by atoms with Gasteiger partial charge in [-0.2, -0.15) is 5.10 Å². The van der Waals surface area contributed by atoms with Crippen LogP contribution in [0.3, 0.4) is 0 Å². The molecule has 1 aliphatic heterocycles. The van der Waals surface area contributed by atoms with E-state index >= 15 is 0 Å². The summed E-state index contributed by atoms with van der Waals surface area (Å²) in [6.45, 7) is 4.21. The quantitative estimate of drug-likeness (QED) is 0.537. The lowest BCUT2D eigenvalue weighted by atomic mass is 10.1. The zero-order chi connectivity index (χ0) is 23.0. The van der Waals surface area contributed by atoms with Crippen molar-refractivity contribution in [2.45, 2.75) is 38.5 Å². The average molecular weight is 446 g/mol. The van der Waals surface area contributed by atoms with E-state index < -0.39 is 0 Å². The Balaban J connectivity index is 1.28. The summed E-state index contributed by atoms with van der Waals surface area (Å²) in [4.78, 5) is 17.3. The van der Waals surface area contributed by atoms with Gasteiger partial charge in [-0.05, 0) is 68.8 Å². The summed E-state index contributed by atoms with van der Waals surface area (Å²) < 4.78 is 5.82. The highest BCUT2D eigenvalue weighted by molar-refractivity contribution is 5.94. The van der Waals surface area contributed by atoms with E-state index in [1.807, 2.05) is 80.7 Å². The van der Waals surface area contributed by atoms with Crippen molar-refractivity contribution in [3.63, 3.8) is 0 Å². The number of ether oxygens (including phenoxy) is 1. The number of amides is 1. The van der Waals surface area contributed by atoms with Gasteiger partial charge in [0.1, 0.15) is 12.4 Å². The molecule has 0 radical (unpaired) electrons. The molecule has 2 aromatic carbocycles. The zero-order valence-electron chi connectivity index (χ0n) is 19.2. The summed E-state index contributed by atoms with van der Waals surface area (Å²) in [7, 11) is 2.00. The molecule has 0 aliphatic carbocycles. The summed E-state index contributed by atoms with van der Waals surface area (Å²) in [6.07, 6.45) is 3.89. The molecule has 2 heterocycles. The maximum absolute atomic E-state index is 12.9. The molecule has 33 heavy (non-hydrogen) atoms. The van der Waals surface area contributed by atoms with Gasteiger partial charge in [0.2, 0.25) is 5.91 Å². The number of rotatable bonds is 9.